The summed E-state index contributed by atoms with van der Waals surface area (Å²) in [6.45, 7) is 7.30. The number of hydrogen-bond donors (Lipinski definition) is 0. The molecule has 1 aliphatic heterocycles. The first kappa shape index (κ1) is 22.3. The molecule has 0 saturated carbocycles. The van der Waals surface area contributed by atoms with Gasteiger partial charge in [-0.25, -0.2) is 4.79 Å². The molecular formula is C21H34N2O5. The summed E-state index contributed by atoms with van der Waals surface area (Å²) in [5.41, 5.74) is 0.393. The van der Waals surface area contributed by atoms with Crippen molar-refractivity contribution in [2.24, 2.45) is 5.92 Å². The van der Waals surface area contributed by atoms with Crippen molar-refractivity contribution in [3.63, 3.8) is 0 Å². The van der Waals surface area contributed by atoms with E-state index in [9.17, 15) is 4.79 Å². The molecule has 158 valence electrons. The number of carbonyl (C=O) groups excluding carboxylic acids is 1. The third-order valence-corrected chi connectivity index (χ3v) is 5.35. The van der Waals surface area contributed by atoms with Gasteiger partial charge in [0.15, 0.2) is 11.5 Å². The maximum absolute atomic E-state index is 12.8. The molecule has 0 N–H and O–H groups in total. The topological polar surface area (TPSA) is 60.5 Å². The number of methoxy groups -OCH3 is 3. The largest absolute Gasteiger partial charge is 0.493 e. The predicted molar refractivity (Wildman–Crippen MR) is 109 cm³/mol. The Morgan fingerprint density at radius 1 is 1.11 bits per heavy atom. The Kier molecular flexibility index (Phi) is 7.95. The monoisotopic (exact) mass is 394 g/mol. The van der Waals surface area contributed by atoms with E-state index in [1.54, 1.807) is 12.1 Å². The summed E-state index contributed by atoms with van der Waals surface area (Å²) in [7, 11) is 8.75. The molecule has 2 rings (SSSR count). The minimum absolute atomic E-state index is 0.114. The van der Waals surface area contributed by atoms with Crippen LogP contribution in [0, 0.1) is 5.92 Å². The SMILES string of the molecule is COc1cc(C(=O)OC2CC(C)N(CCN(C)C)CC2C)cc(OC)c1OC. The second kappa shape index (κ2) is 9.98. The zero-order valence-corrected chi connectivity index (χ0v) is 18.2. The van der Waals surface area contributed by atoms with E-state index in [-0.39, 0.29) is 18.0 Å². The van der Waals surface area contributed by atoms with Crippen molar-refractivity contribution in [2.75, 3.05) is 55.1 Å². The fourth-order valence-corrected chi connectivity index (χ4v) is 3.59. The molecule has 0 spiro atoms. The molecule has 1 aromatic rings. The molecule has 0 amide bonds. The highest BCUT2D eigenvalue weighted by molar-refractivity contribution is 5.91. The van der Waals surface area contributed by atoms with Gasteiger partial charge in [0.1, 0.15) is 6.10 Å². The van der Waals surface area contributed by atoms with Gasteiger partial charge in [-0.3, -0.25) is 4.90 Å². The molecule has 0 radical (unpaired) electrons. The summed E-state index contributed by atoms with van der Waals surface area (Å²) in [5, 5.41) is 0. The molecule has 1 aromatic carbocycles. The standard InChI is InChI=1S/C21H34N2O5/c1-14-13-23(9-8-22(3)4)15(2)10-17(14)28-21(24)16-11-18(25-5)20(27-7)19(12-16)26-6/h11-12,14-15,17H,8-10,13H2,1-7H3. The Balaban J connectivity index is 2.08. The molecule has 0 bridgehead atoms. The van der Waals surface area contributed by atoms with E-state index < -0.39 is 0 Å². The maximum atomic E-state index is 12.8. The number of piperidine rings is 1. The highest BCUT2D eigenvalue weighted by Crippen LogP contribution is 2.38. The second-order valence-electron chi connectivity index (χ2n) is 7.72. The summed E-state index contributed by atoms with van der Waals surface area (Å²) >= 11 is 0. The average Bonchev–Trinajstić information content (AvgIpc) is 2.67. The Morgan fingerprint density at radius 3 is 2.21 bits per heavy atom. The Hall–Kier alpha value is -1.99. The number of hydrogen-bond acceptors (Lipinski definition) is 7. The minimum atomic E-state index is -0.370. The maximum Gasteiger partial charge on any atom is 0.338 e. The Bertz CT molecular complexity index is 639. The molecule has 1 heterocycles. The molecule has 1 saturated heterocycles. The van der Waals surface area contributed by atoms with Crippen LogP contribution in [0.1, 0.15) is 30.6 Å². The fraction of sp³-hybridized carbons (Fsp3) is 0.667. The first-order chi connectivity index (χ1) is 13.3. The molecule has 0 aliphatic carbocycles. The third-order valence-electron chi connectivity index (χ3n) is 5.35. The summed E-state index contributed by atoms with van der Waals surface area (Å²) in [6, 6.07) is 3.63. The van der Waals surface area contributed by atoms with Crippen molar-refractivity contribution in [2.45, 2.75) is 32.4 Å². The van der Waals surface area contributed by atoms with Crippen molar-refractivity contribution in [1.29, 1.82) is 0 Å². The van der Waals surface area contributed by atoms with Gasteiger partial charge in [0.05, 0.1) is 26.9 Å². The molecule has 7 heteroatoms. The van der Waals surface area contributed by atoms with Crippen molar-refractivity contribution in [3.8, 4) is 17.2 Å². The number of nitrogens with zero attached hydrogens (tertiary/aromatic N) is 2. The van der Waals surface area contributed by atoms with E-state index in [1.165, 1.54) is 21.3 Å². The molecular weight excluding hydrogens is 360 g/mol. The molecule has 1 fully saturated rings. The molecule has 28 heavy (non-hydrogen) atoms. The van der Waals surface area contributed by atoms with Crippen LogP contribution in [0.3, 0.4) is 0 Å². The number of likely N-dealkylation sites (tertiary alicyclic amines) is 1. The zero-order valence-electron chi connectivity index (χ0n) is 18.2. The minimum Gasteiger partial charge on any atom is -0.493 e. The van der Waals surface area contributed by atoms with E-state index in [4.69, 9.17) is 18.9 Å². The lowest BCUT2D eigenvalue weighted by molar-refractivity contribution is -0.0264. The average molecular weight is 395 g/mol. The van der Waals surface area contributed by atoms with Crippen LogP contribution in [0.25, 0.3) is 0 Å². The second-order valence-corrected chi connectivity index (χ2v) is 7.72. The van der Waals surface area contributed by atoms with Gasteiger partial charge < -0.3 is 23.8 Å². The Morgan fingerprint density at radius 2 is 1.71 bits per heavy atom. The molecule has 3 atom stereocenters. The van der Waals surface area contributed by atoms with E-state index in [1.807, 2.05) is 0 Å². The van der Waals surface area contributed by atoms with E-state index in [0.717, 1.165) is 26.1 Å². The van der Waals surface area contributed by atoms with Gasteiger partial charge in [-0.1, -0.05) is 6.92 Å². The van der Waals surface area contributed by atoms with Crippen LogP contribution < -0.4 is 14.2 Å². The lowest BCUT2D eigenvalue weighted by Gasteiger charge is -2.41. The van der Waals surface area contributed by atoms with Crippen LogP contribution in [0.2, 0.25) is 0 Å². The first-order valence-corrected chi connectivity index (χ1v) is 9.70. The lowest BCUT2D eigenvalue weighted by atomic mass is 9.91. The van der Waals surface area contributed by atoms with Gasteiger partial charge in [0.25, 0.3) is 0 Å². The summed E-state index contributed by atoms with van der Waals surface area (Å²) < 4.78 is 21.9. The van der Waals surface area contributed by atoms with Crippen LogP contribution in [-0.4, -0.2) is 83.0 Å². The van der Waals surface area contributed by atoms with E-state index in [2.05, 4.69) is 37.7 Å². The van der Waals surface area contributed by atoms with E-state index >= 15 is 0 Å². The number of carbonyl (C=O) groups is 1. The number of esters is 1. The van der Waals surface area contributed by atoms with Gasteiger partial charge in [0.2, 0.25) is 5.75 Å². The highest BCUT2D eigenvalue weighted by atomic mass is 16.5. The molecule has 3 unspecified atom stereocenters. The number of ether oxygens (including phenoxy) is 4. The summed E-state index contributed by atoms with van der Waals surface area (Å²) in [5.74, 6) is 1.23. The number of likely N-dealkylation sites (N-methyl/N-ethyl adjacent to an activating group) is 1. The van der Waals surface area contributed by atoms with Crippen molar-refractivity contribution in [3.05, 3.63) is 17.7 Å². The van der Waals surface area contributed by atoms with Crippen molar-refractivity contribution >= 4 is 5.97 Å². The molecule has 0 aromatic heterocycles. The summed E-state index contributed by atoms with van der Waals surface area (Å²) in [4.78, 5) is 17.5. The lowest BCUT2D eigenvalue weighted by Crippen LogP contribution is -2.50. The quantitative estimate of drug-likeness (QED) is 0.628. The Labute approximate surface area is 168 Å². The normalized spacial score (nSPS) is 22.8. The van der Waals surface area contributed by atoms with E-state index in [0.29, 0.717) is 28.9 Å². The zero-order chi connectivity index (χ0) is 20.8. The summed E-state index contributed by atoms with van der Waals surface area (Å²) in [6.07, 6.45) is 0.710. The first-order valence-electron chi connectivity index (χ1n) is 9.70. The molecule has 7 nitrogen and oxygen atoms in total. The van der Waals surface area contributed by atoms with Crippen LogP contribution in [0.4, 0.5) is 0 Å². The van der Waals surface area contributed by atoms with Crippen LogP contribution in [-0.2, 0) is 4.74 Å². The van der Waals surface area contributed by atoms with Gasteiger partial charge in [-0.2, -0.15) is 0 Å². The van der Waals surface area contributed by atoms with Crippen LogP contribution in [0.5, 0.6) is 17.2 Å². The molecule has 1 aliphatic rings. The fourth-order valence-electron chi connectivity index (χ4n) is 3.59. The van der Waals surface area contributed by atoms with Crippen LogP contribution in [0.15, 0.2) is 12.1 Å². The van der Waals surface area contributed by atoms with Crippen molar-refractivity contribution < 1.29 is 23.7 Å². The van der Waals surface area contributed by atoms with Crippen molar-refractivity contribution in [1.82, 2.24) is 9.80 Å². The van der Waals surface area contributed by atoms with Gasteiger partial charge in [-0.15, -0.1) is 0 Å². The van der Waals surface area contributed by atoms with Gasteiger partial charge >= 0.3 is 5.97 Å². The third kappa shape index (κ3) is 5.29. The van der Waals surface area contributed by atoms with Crippen LogP contribution >= 0.6 is 0 Å². The number of benzene rings is 1. The van der Waals surface area contributed by atoms with Gasteiger partial charge in [-0.05, 0) is 39.6 Å². The number of rotatable bonds is 8. The predicted octanol–water partition coefficient (Wildman–Crippen LogP) is 2.53. The van der Waals surface area contributed by atoms with Gasteiger partial charge in [0, 0.05) is 31.6 Å². The highest BCUT2D eigenvalue weighted by Gasteiger charge is 2.33. The smallest absolute Gasteiger partial charge is 0.338 e.